The van der Waals surface area contributed by atoms with Crippen LogP contribution in [-0.4, -0.2) is 64.3 Å². The number of ether oxygens (including phenoxy) is 1. The molecular weight excluding hydrogens is 553 g/mol. The van der Waals surface area contributed by atoms with E-state index in [0.29, 0.717) is 18.6 Å². The van der Waals surface area contributed by atoms with Crippen LogP contribution < -0.4 is 9.62 Å². The Hall–Kier alpha value is -2.74. The van der Waals surface area contributed by atoms with Gasteiger partial charge in [0.1, 0.15) is 6.07 Å². The molecule has 1 aliphatic rings. The van der Waals surface area contributed by atoms with E-state index in [1.54, 1.807) is 20.8 Å². The minimum Gasteiger partial charge on any atom is -0.376 e. The number of benzene rings is 2. The molecule has 0 amide bonds. The number of nitriles is 1. The molecule has 0 radical (unpaired) electrons. The van der Waals surface area contributed by atoms with Crippen LogP contribution in [0, 0.1) is 11.3 Å². The Morgan fingerprint density at radius 3 is 2.32 bits per heavy atom. The van der Waals surface area contributed by atoms with Crippen molar-refractivity contribution in [2.45, 2.75) is 59.1 Å². The van der Waals surface area contributed by atoms with Crippen molar-refractivity contribution in [2.75, 3.05) is 44.7 Å². The predicted octanol–water partition coefficient (Wildman–Crippen LogP) is 6.48. The molecule has 0 spiro atoms. The van der Waals surface area contributed by atoms with Gasteiger partial charge in [-0.1, -0.05) is 18.2 Å². The minimum absolute atomic E-state index is 0.259. The van der Waals surface area contributed by atoms with Crippen LogP contribution >= 0.6 is 11.3 Å². The lowest BCUT2D eigenvalue weighted by Crippen LogP contribution is -2.45. The molecule has 1 saturated heterocycles. The van der Waals surface area contributed by atoms with Gasteiger partial charge in [0, 0.05) is 53.8 Å². The molecule has 220 valence electrons. The zero-order valence-electron chi connectivity index (χ0n) is 25.2. The number of thiophene rings is 1. The number of rotatable bonds is 9. The van der Waals surface area contributed by atoms with Crippen molar-refractivity contribution in [1.29, 1.82) is 5.26 Å². The molecule has 0 bridgehead atoms. The van der Waals surface area contributed by atoms with Crippen molar-refractivity contribution in [1.82, 2.24) is 9.62 Å². The molecule has 4 rings (SSSR count). The summed E-state index contributed by atoms with van der Waals surface area (Å²) in [7, 11) is -1.87. The second-order valence-electron chi connectivity index (χ2n) is 12.5. The number of anilines is 1. The first-order chi connectivity index (χ1) is 19.2. The van der Waals surface area contributed by atoms with Crippen LogP contribution in [0.25, 0.3) is 26.8 Å². The molecule has 1 aromatic heterocycles. The Kier molecular flexibility index (Phi) is 9.32. The Balaban J connectivity index is 1.53. The van der Waals surface area contributed by atoms with E-state index in [0.717, 1.165) is 46.9 Å². The summed E-state index contributed by atoms with van der Waals surface area (Å²) in [6, 6.07) is 18.9. The van der Waals surface area contributed by atoms with E-state index >= 15 is 0 Å². The molecule has 0 unspecified atom stereocenters. The molecule has 1 fully saturated rings. The Morgan fingerprint density at radius 1 is 1.00 bits per heavy atom. The highest BCUT2D eigenvalue weighted by Gasteiger charge is 2.30. The SMILES string of the molecule is C/C(=C(/C#N)S(=O)(=O)NC(C)(C)CCOC(C)(C)C)c1ccc(-c2ccc3cc(N4CCN(C)CC4)ccc3c2)s1. The number of likely N-dealkylation sites (N-methyl/N-ethyl adjacent to an activating group) is 1. The standard InChI is InChI=1S/C32H42N4O3S2/c1-23(30(22-33)41(37,38)34-32(5,6)14-19-39-31(2,3)4)28-12-13-29(40-28)26-9-8-25-21-27(11-10-24(25)20-26)36-17-15-35(7)16-18-36/h8-13,20-21,34H,14-19H2,1-7H3/b30-23+. The highest BCUT2D eigenvalue weighted by molar-refractivity contribution is 7.94. The summed E-state index contributed by atoms with van der Waals surface area (Å²) in [6.45, 7) is 15.8. The number of hydrogen-bond acceptors (Lipinski definition) is 7. The van der Waals surface area contributed by atoms with E-state index in [1.807, 2.05) is 39.0 Å². The van der Waals surface area contributed by atoms with Crippen molar-refractivity contribution in [2.24, 2.45) is 0 Å². The van der Waals surface area contributed by atoms with Crippen LogP contribution in [0.3, 0.4) is 0 Å². The summed E-state index contributed by atoms with van der Waals surface area (Å²) in [5.74, 6) is 0. The lowest BCUT2D eigenvalue weighted by molar-refractivity contribution is -0.0102. The Labute approximate surface area is 249 Å². The maximum atomic E-state index is 13.3. The molecule has 0 aliphatic carbocycles. The minimum atomic E-state index is -4.03. The third kappa shape index (κ3) is 7.97. The van der Waals surface area contributed by atoms with Crippen molar-refractivity contribution in [3.63, 3.8) is 0 Å². The van der Waals surface area contributed by atoms with E-state index < -0.39 is 15.6 Å². The van der Waals surface area contributed by atoms with Gasteiger partial charge in [-0.05, 0) is 107 Å². The van der Waals surface area contributed by atoms with Gasteiger partial charge in [-0.3, -0.25) is 0 Å². The van der Waals surface area contributed by atoms with Crippen LogP contribution in [0.5, 0.6) is 0 Å². The monoisotopic (exact) mass is 594 g/mol. The van der Waals surface area contributed by atoms with Gasteiger partial charge in [0.25, 0.3) is 10.0 Å². The summed E-state index contributed by atoms with van der Waals surface area (Å²) >= 11 is 1.49. The number of fused-ring (bicyclic) bond motifs is 1. The number of hydrogen-bond donors (Lipinski definition) is 1. The van der Waals surface area contributed by atoms with E-state index in [-0.39, 0.29) is 10.5 Å². The summed E-state index contributed by atoms with van der Waals surface area (Å²) in [4.78, 5) is 6.30. The fourth-order valence-electron chi connectivity index (χ4n) is 4.88. The maximum Gasteiger partial charge on any atom is 0.251 e. The molecule has 0 atom stereocenters. The van der Waals surface area contributed by atoms with Crippen LogP contribution in [0.2, 0.25) is 0 Å². The van der Waals surface area contributed by atoms with Gasteiger partial charge in [-0.2, -0.15) is 5.26 Å². The van der Waals surface area contributed by atoms with Crippen LogP contribution in [0.4, 0.5) is 5.69 Å². The fourth-order valence-corrected chi connectivity index (χ4v) is 7.52. The number of nitrogens with one attached hydrogen (secondary N) is 1. The van der Waals surface area contributed by atoms with Crippen LogP contribution in [0.1, 0.15) is 52.8 Å². The van der Waals surface area contributed by atoms with Crippen molar-refractivity contribution >= 4 is 43.4 Å². The van der Waals surface area contributed by atoms with Crippen LogP contribution in [-0.2, 0) is 14.8 Å². The fraction of sp³-hybridized carbons (Fsp3) is 0.469. The molecule has 1 aliphatic heterocycles. The average molecular weight is 595 g/mol. The van der Waals surface area contributed by atoms with E-state index in [9.17, 15) is 13.7 Å². The quantitative estimate of drug-likeness (QED) is 0.286. The largest absolute Gasteiger partial charge is 0.376 e. The summed E-state index contributed by atoms with van der Waals surface area (Å²) in [5.41, 5.74) is 1.67. The topological polar surface area (TPSA) is 85.7 Å². The van der Waals surface area contributed by atoms with Crippen molar-refractivity contribution < 1.29 is 13.2 Å². The third-order valence-electron chi connectivity index (χ3n) is 7.34. The smallest absolute Gasteiger partial charge is 0.251 e. The third-order valence-corrected chi connectivity index (χ3v) is 10.3. The van der Waals surface area contributed by atoms with Gasteiger partial charge < -0.3 is 14.5 Å². The molecule has 7 nitrogen and oxygen atoms in total. The second kappa shape index (κ2) is 12.2. The number of piperazine rings is 1. The molecule has 3 aromatic rings. The summed E-state index contributed by atoms with van der Waals surface area (Å²) in [5, 5.41) is 12.2. The highest BCUT2D eigenvalue weighted by Crippen LogP contribution is 2.36. The number of nitrogens with zero attached hydrogens (tertiary/aromatic N) is 3. The number of sulfonamides is 1. The van der Waals surface area contributed by atoms with Gasteiger partial charge in [-0.15, -0.1) is 11.3 Å². The maximum absolute atomic E-state index is 13.3. The Bertz CT molecular complexity index is 1570. The van der Waals surface area contributed by atoms with Gasteiger partial charge in [-0.25, -0.2) is 13.1 Å². The zero-order valence-corrected chi connectivity index (χ0v) is 26.9. The predicted molar refractivity (Wildman–Crippen MR) is 172 cm³/mol. The molecule has 9 heteroatoms. The molecule has 2 aromatic carbocycles. The summed E-state index contributed by atoms with van der Waals surface area (Å²) in [6.07, 6.45) is 0.475. The lowest BCUT2D eigenvalue weighted by atomic mass is 10.0. The molecule has 41 heavy (non-hydrogen) atoms. The second-order valence-corrected chi connectivity index (χ2v) is 15.2. The normalized spacial score (nSPS) is 16.1. The summed E-state index contributed by atoms with van der Waals surface area (Å²) < 4.78 is 35.1. The van der Waals surface area contributed by atoms with Gasteiger partial charge in [0.05, 0.1) is 5.60 Å². The first kappa shape index (κ1) is 31.2. The molecule has 0 saturated carbocycles. The van der Waals surface area contributed by atoms with Crippen molar-refractivity contribution in [3.8, 4) is 16.5 Å². The van der Waals surface area contributed by atoms with Crippen molar-refractivity contribution in [3.05, 3.63) is 58.3 Å². The first-order valence-corrected chi connectivity index (χ1v) is 16.3. The van der Waals surface area contributed by atoms with Gasteiger partial charge in [0.15, 0.2) is 4.91 Å². The molecule has 1 N–H and O–H groups in total. The lowest BCUT2D eigenvalue weighted by Gasteiger charge is -2.34. The van der Waals surface area contributed by atoms with E-state index in [2.05, 4.69) is 58.0 Å². The van der Waals surface area contributed by atoms with Crippen LogP contribution in [0.15, 0.2) is 53.4 Å². The number of allylic oxidation sites excluding steroid dienone is 2. The average Bonchev–Trinajstić information content (AvgIpc) is 3.37. The van der Waals surface area contributed by atoms with Gasteiger partial charge in [0.2, 0.25) is 0 Å². The van der Waals surface area contributed by atoms with E-state index in [4.69, 9.17) is 4.74 Å². The van der Waals surface area contributed by atoms with Gasteiger partial charge >= 0.3 is 0 Å². The zero-order chi connectivity index (χ0) is 30.0. The highest BCUT2D eigenvalue weighted by atomic mass is 32.2. The molecular formula is C32H42N4O3S2. The van der Waals surface area contributed by atoms with E-state index in [1.165, 1.54) is 22.4 Å². The molecule has 2 heterocycles. The first-order valence-electron chi connectivity index (χ1n) is 14.0. The Morgan fingerprint density at radius 2 is 1.66 bits per heavy atom.